The van der Waals surface area contributed by atoms with Crippen molar-refractivity contribution in [3.05, 3.63) is 214 Å². The van der Waals surface area contributed by atoms with Gasteiger partial charge >= 0.3 is 0 Å². The highest BCUT2D eigenvalue weighted by atomic mass is 16.6. The zero-order valence-corrected chi connectivity index (χ0v) is 70.4. The van der Waals surface area contributed by atoms with Gasteiger partial charge in [0.1, 0.15) is 50.9 Å². The number of carbonyl (C=O) groups excluding carboxylic acids is 6. The lowest BCUT2D eigenvalue weighted by Gasteiger charge is -2.20. The number of carbonyl (C=O) groups is 6. The van der Waals surface area contributed by atoms with Gasteiger partial charge in [-0.2, -0.15) is 0 Å². The first-order valence-corrected chi connectivity index (χ1v) is 40.2. The van der Waals surface area contributed by atoms with E-state index < -0.39 is 17.8 Å². The fourth-order valence-electron chi connectivity index (χ4n) is 12.9. The van der Waals surface area contributed by atoms with Crippen LogP contribution in [0, 0.1) is 0 Å². The Morgan fingerprint density at radius 2 is 0.734 bits per heavy atom. The summed E-state index contributed by atoms with van der Waals surface area (Å²) in [4.78, 5) is 79.7. The van der Waals surface area contributed by atoms with Gasteiger partial charge in [0.25, 0.3) is 11.8 Å². The molecule has 0 saturated heterocycles. The molecule has 0 fully saturated rings. The summed E-state index contributed by atoms with van der Waals surface area (Å²) in [6.07, 6.45) is 3.00. The molecule has 6 aromatic carbocycles. The van der Waals surface area contributed by atoms with E-state index in [1.807, 2.05) is 197 Å². The highest BCUT2D eigenvalue weighted by molar-refractivity contribution is 6.11. The highest BCUT2D eigenvalue weighted by Gasteiger charge is 2.25. The average molecular weight is 1690 g/mol. The van der Waals surface area contributed by atoms with Crippen molar-refractivity contribution in [2.24, 2.45) is 0 Å². The fourth-order valence-corrected chi connectivity index (χ4v) is 12.9. The second-order valence-corrected chi connectivity index (χ2v) is 28.9. The van der Waals surface area contributed by atoms with Crippen LogP contribution in [0.15, 0.2) is 179 Å². The Morgan fingerprint density at radius 3 is 1.12 bits per heavy atom. The van der Waals surface area contributed by atoms with Crippen molar-refractivity contribution in [2.75, 3.05) is 185 Å². The fraction of sp³-hybridized carbons (Fsp3) is 0.333. The molecule has 0 bridgehead atoms. The number of hydrogen-bond donors (Lipinski definition) is 4. The number of ether oxygens (including phenoxy) is 8. The zero-order valence-electron chi connectivity index (χ0n) is 70.4. The van der Waals surface area contributed by atoms with Gasteiger partial charge in [-0.15, -0.1) is 40.8 Å². The summed E-state index contributed by atoms with van der Waals surface area (Å²) in [7, 11) is 15.5. The third-order valence-electron chi connectivity index (χ3n) is 19.4. The lowest BCUT2D eigenvalue weighted by Crippen LogP contribution is -2.29. The summed E-state index contributed by atoms with van der Waals surface area (Å²) in [5, 5.41) is 70.3. The van der Waals surface area contributed by atoms with Crippen LogP contribution >= 0.6 is 0 Å². The number of carboxylic acid groups (broad SMARTS) is 2. The predicted octanol–water partition coefficient (Wildman–Crippen LogP) is 4.83. The average Bonchev–Trinajstić information content (AvgIpc) is 0.748. The highest BCUT2D eigenvalue weighted by Crippen LogP contribution is 2.44. The maximum absolute atomic E-state index is 13.3. The molecule has 2 aliphatic heterocycles. The molecular weight excluding hydrogens is 1590 g/mol. The Balaban J connectivity index is 0.000000241. The van der Waals surface area contributed by atoms with E-state index >= 15 is 0 Å². The third kappa shape index (κ3) is 26.4. The summed E-state index contributed by atoms with van der Waals surface area (Å²) in [5.41, 5.74) is 10.2. The molecule has 0 radical (unpaired) electrons. The Morgan fingerprint density at radius 1 is 0.371 bits per heavy atom. The molecule has 0 spiro atoms. The maximum atomic E-state index is 13.3. The van der Waals surface area contributed by atoms with Gasteiger partial charge in [0.05, 0.1) is 130 Å². The van der Waals surface area contributed by atoms with Crippen molar-refractivity contribution in [1.82, 2.24) is 71.2 Å². The van der Waals surface area contributed by atoms with Crippen LogP contribution in [0.2, 0.25) is 0 Å². The Bertz CT molecular complexity index is 5670. The molecule has 648 valence electrons. The summed E-state index contributed by atoms with van der Waals surface area (Å²) in [5.74, 6) is -1.80. The maximum Gasteiger partial charge on any atom is 0.251 e. The number of anilines is 2. The molecular formula is C90H100N16O18. The second-order valence-electron chi connectivity index (χ2n) is 28.9. The van der Waals surface area contributed by atoms with Gasteiger partial charge in [-0.05, 0) is 82.9 Å². The number of nitrogens with zero attached hydrogens (tertiary/aromatic N) is 12. The molecule has 0 saturated carbocycles. The lowest BCUT2D eigenvalue weighted by atomic mass is 9.89. The molecule has 2 aliphatic carbocycles. The Kier molecular flexibility index (Phi) is 34.4. The number of nitrogens with one attached hydrogen (secondary N) is 4. The summed E-state index contributed by atoms with van der Waals surface area (Å²) < 4.78 is 61.0. The first-order chi connectivity index (χ1) is 60.2. The molecule has 0 unspecified atom stereocenters. The summed E-state index contributed by atoms with van der Waals surface area (Å²) in [6.45, 7) is 6.46. The van der Waals surface area contributed by atoms with Crippen LogP contribution in [0.25, 0.3) is 89.6 Å². The van der Waals surface area contributed by atoms with Crippen molar-refractivity contribution < 1.29 is 85.7 Å². The van der Waals surface area contributed by atoms with E-state index in [9.17, 15) is 39.0 Å². The van der Waals surface area contributed by atoms with Gasteiger partial charge < -0.3 is 97.6 Å². The Hall–Kier alpha value is -13.3. The van der Waals surface area contributed by atoms with Crippen LogP contribution in [0.4, 0.5) is 11.4 Å². The van der Waals surface area contributed by atoms with Crippen LogP contribution in [0.1, 0.15) is 65.4 Å². The number of rotatable bonds is 44. The van der Waals surface area contributed by atoms with Crippen molar-refractivity contribution in [3.8, 4) is 67.7 Å². The van der Waals surface area contributed by atoms with E-state index in [0.29, 0.717) is 160 Å². The largest absolute Gasteiger partial charge is 0.545 e. The van der Waals surface area contributed by atoms with Crippen LogP contribution in [-0.2, 0) is 60.6 Å². The van der Waals surface area contributed by atoms with E-state index in [0.717, 1.165) is 55.3 Å². The van der Waals surface area contributed by atoms with Crippen molar-refractivity contribution in [2.45, 2.75) is 25.9 Å². The predicted molar refractivity (Wildman–Crippen MR) is 458 cm³/mol. The van der Waals surface area contributed by atoms with E-state index in [1.54, 1.807) is 18.2 Å². The number of aromatic nitrogens is 8. The summed E-state index contributed by atoms with van der Waals surface area (Å²) in [6, 6.07) is 47.0. The van der Waals surface area contributed by atoms with Crippen LogP contribution in [-0.4, -0.2) is 252 Å². The number of aromatic carboxylic acids is 2. The zero-order chi connectivity index (χ0) is 87.7. The van der Waals surface area contributed by atoms with Gasteiger partial charge in [0.15, 0.2) is 12.7 Å². The smallest absolute Gasteiger partial charge is 0.251 e. The van der Waals surface area contributed by atoms with Gasteiger partial charge in [0.2, 0.25) is 34.2 Å². The normalized spacial score (nSPS) is 11.2. The molecule has 4 amide bonds. The minimum absolute atomic E-state index is 0.0459. The van der Waals surface area contributed by atoms with E-state index in [1.165, 1.54) is 30.9 Å². The lowest BCUT2D eigenvalue weighted by molar-refractivity contribution is -0.256. The van der Waals surface area contributed by atoms with Crippen LogP contribution in [0.3, 0.4) is 0 Å². The standard InChI is InChI=1S/2C45H50N8O9/c1-52(2)33-10-13-36-39(26-33)62-40-27-34(53(3)4)11-14-37(40)42(36)38-25-32(9-12-35(38)45(56)57)44(55)46-16-18-59-20-22-61-24-23-60-21-19-58-17-15-41(54)47-28-30-5-7-31(8-6-30)43-50-48-29-49-51-43;1-52(2)33-10-13-36-39(26-33)62-40-27-34(53(3)4)11-14-37(40)42(36)35-12-9-32(25-38(35)45(56)57)44(55)46-16-18-59-20-22-61-24-23-60-21-19-58-17-15-41(54)47-28-30-5-7-31(8-6-30)43-50-48-29-49-51-43/h2*5-14,25-27,29H,15-24,28H2,1-4H3,(H2-,46,47,54,55,56,57). The van der Waals surface area contributed by atoms with Gasteiger partial charge in [0, 0.05) is 169 Å². The quantitative estimate of drug-likeness (QED) is 0.0226. The minimum Gasteiger partial charge on any atom is -0.545 e. The number of carboxylic acids is 2. The van der Waals surface area contributed by atoms with E-state index in [4.69, 9.17) is 46.7 Å². The Labute approximate surface area is 715 Å². The van der Waals surface area contributed by atoms with Crippen LogP contribution in [0.5, 0.6) is 0 Å². The topological polar surface area (TPSA) is 412 Å². The van der Waals surface area contributed by atoms with Crippen molar-refractivity contribution in [1.29, 1.82) is 0 Å². The molecule has 0 atom stereocenters. The first kappa shape index (κ1) is 91.4. The molecule has 2 aromatic heterocycles. The third-order valence-corrected chi connectivity index (χ3v) is 19.4. The SMILES string of the molecule is CN(C)c1ccc2c(-c3cc(C(=O)NCCOCCOCCOCCOCCC(=O)NCc4ccc(-c5nncnn5)cc4)ccc3C(=O)[O-])c3ccc(=[N+](C)C)cc-3oc2c1.CN(C)c1ccc2c(-c3ccc(C(=O)NCCOCCOCCOCCOCCC(=O)NCc4ccc(-c5nncnn5)cc4)cc3C(=O)[O-])c3ccc(=[N+](C)C)cc-3oc2c1. The number of fused-ring (bicyclic) bond motifs is 4. The van der Waals surface area contributed by atoms with Crippen LogP contribution < -0.4 is 61.1 Å². The van der Waals surface area contributed by atoms with Crippen molar-refractivity contribution in [3.63, 3.8) is 0 Å². The molecule has 12 rings (SSSR count). The molecule has 34 heteroatoms. The monoisotopic (exact) mass is 1690 g/mol. The number of amides is 4. The molecule has 34 nitrogen and oxygen atoms in total. The number of benzene rings is 8. The second kappa shape index (κ2) is 46.6. The molecule has 124 heavy (non-hydrogen) atoms. The number of hydrogen-bond acceptors (Lipinski definition) is 28. The van der Waals surface area contributed by atoms with Gasteiger partial charge in [-0.3, -0.25) is 19.2 Å². The minimum atomic E-state index is -1.40. The van der Waals surface area contributed by atoms with Gasteiger partial charge in [-0.25, -0.2) is 9.15 Å². The molecule has 4 aliphatic rings. The first-order valence-electron chi connectivity index (χ1n) is 40.2. The van der Waals surface area contributed by atoms with Crippen molar-refractivity contribution >= 4 is 68.9 Å². The van der Waals surface area contributed by atoms with Gasteiger partial charge in [-0.1, -0.05) is 60.7 Å². The molecule has 4 N–H and O–H groups in total. The molecule has 8 aromatic rings. The van der Waals surface area contributed by atoms with E-state index in [2.05, 4.69) is 62.1 Å². The molecule has 4 heterocycles. The van der Waals surface area contributed by atoms with E-state index in [-0.39, 0.29) is 92.3 Å². The summed E-state index contributed by atoms with van der Waals surface area (Å²) >= 11 is 0.